The van der Waals surface area contributed by atoms with E-state index >= 15 is 0 Å². The molecule has 0 heterocycles. The van der Waals surface area contributed by atoms with Gasteiger partial charge in [-0.1, -0.05) is 0 Å². The van der Waals surface area contributed by atoms with Gasteiger partial charge in [0.1, 0.15) is 5.72 Å². The predicted molar refractivity (Wildman–Crippen MR) is 42.5 cm³/mol. The number of rotatable bonds is 3. The minimum Gasteiger partial charge on any atom is -0.360 e. The van der Waals surface area contributed by atoms with Gasteiger partial charge in [-0.2, -0.15) is 0 Å². The Morgan fingerprint density at radius 3 is 1.60 bits per heavy atom. The van der Waals surface area contributed by atoms with Gasteiger partial charge < -0.3 is 16.2 Å². The van der Waals surface area contributed by atoms with Crippen molar-refractivity contribution < 1.29 is 4.74 Å². The third-order valence-electron chi connectivity index (χ3n) is 0.816. The third kappa shape index (κ3) is 7.88. The molecular formula is C7H18N2O. The molecule has 0 unspecified atom stereocenters. The molecule has 0 saturated carbocycles. The molecule has 4 N–H and O–H groups in total. The molecule has 0 aromatic carbocycles. The normalized spacial score (nSPS) is 13.8. The van der Waals surface area contributed by atoms with Gasteiger partial charge in [-0.3, -0.25) is 0 Å². The Bertz CT molecular complexity index is 85.2. The van der Waals surface area contributed by atoms with E-state index in [0.717, 1.165) is 0 Å². The van der Waals surface area contributed by atoms with Gasteiger partial charge >= 0.3 is 0 Å². The molecule has 0 aliphatic carbocycles. The molecule has 0 atom stereocenters. The molecular weight excluding hydrogens is 128 g/mol. The number of hydrogen-bond acceptors (Lipinski definition) is 3. The van der Waals surface area contributed by atoms with Crippen LogP contribution in [0.25, 0.3) is 0 Å². The van der Waals surface area contributed by atoms with Crippen LogP contribution in [0.5, 0.6) is 0 Å². The molecule has 0 amide bonds. The van der Waals surface area contributed by atoms with E-state index in [2.05, 4.69) is 0 Å². The monoisotopic (exact) mass is 146 g/mol. The van der Waals surface area contributed by atoms with Gasteiger partial charge in [-0.15, -0.1) is 0 Å². The maximum Gasteiger partial charge on any atom is 0.111 e. The first-order chi connectivity index (χ1) is 4.21. The van der Waals surface area contributed by atoms with Gasteiger partial charge in [0.2, 0.25) is 0 Å². The Hall–Kier alpha value is -0.120. The average molecular weight is 146 g/mol. The second-order valence-corrected chi connectivity index (χ2v) is 3.88. The standard InChI is InChI=1S/C7H18N2O/c1-6(2,8)5-10-7(3,4)9/h5,8-9H2,1-4H3. The first-order valence-corrected chi connectivity index (χ1v) is 3.42. The summed E-state index contributed by atoms with van der Waals surface area (Å²) in [5.74, 6) is 0. The summed E-state index contributed by atoms with van der Waals surface area (Å²) in [5, 5.41) is 0. The van der Waals surface area contributed by atoms with Crippen molar-refractivity contribution in [3.63, 3.8) is 0 Å². The van der Waals surface area contributed by atoms with E-state index in [1.165, 1.54) is 0 Å². The zero-order chi connectivity index (χ0) is 8.41. The second kappa shape index (κ2) is 2.86. The largest absolute Gasteiger partial charge is 0.360 e. The van der Waals surface area contributed by atoms with Crippen LogP contribution in [0.15, 0.2) is 0 Å². The first kappa shape index (κ1) is 9.88. The number of hydrogen-bond donors (Lipinski definition) is 2. The van der Waals surface area contributed by atoms with Crippen LogP contribution in [0.4, 0.5) is 0 Å². The number of nitrogens with two attached hydrogens (primary N) is 2. The van der Waals surface area contributed by atoms with Crippen molar-refractivity contribution in [2.45, 2.75) is 39.0 Å². The molecule has 62 valence electrons. The summed E-state index contributed by atoms with van der Waals surface area (Å²) >= 11 is 0. The van der Waals surface area contributed by atoms with Crippen LogP contribution in [0.2, 0.25) is 0 Å². The molecule has 0 rings (SSSR count). The molecule has 0 aromatic heterocycles. The summed E-state index contributed by atoms with van der Waals surface area (Å²) in [6, 6.07) is 0. The van der Waals surface area contributed by atoms with Crippen molar-refractivity contribution in [3.8, 4) is 0 Å². The Labute approximate surface area is 62.7 Å². The highest BCUT2D eigenvalue weighted by molar-refractivity contribution is 4.72. The average Bonchev–Trinajstić information content (AvgIpc) is 1.57. The minimum atomic E-state index is -0.573. The Kier molecular flexibility index (Phi) is 2.83. The van der Waals surface area contributed by atoms with Crippen LogP contribution in [-0.2, 0) is 4.74 Å². The molecule has 0 aliphatic rings. The van der Waals surface area contributed by atoms with Crippen molar-refractivity contribution in [2.75, 3.05) is 6.61 Å². The molecule has 0 spiro atoms. The zero-order valence-corrected chi connectivity index (χ0v) is 7.27. The minimum absolute atomic E-state index is 0.295. The van der Waals surface area contributed by atoms with Crippen LogP contribution in [0.3, 0.4) is 0 Å². The molecule has 0 bridgehead atoms. The van der Waals surface area contributed by atoms with E-state index in [1.807, 2.05) is 13.8 Å². The lowest BCUT2D eigenvalue weighted by molar-refractivity contribution is -0.0317. The topological polar surface area (TPSA) is 61.3 Å². The second-order valence-electron chi connectivity index (χ2n) is 3.88. The van der Waals surface area contributed by atoms with E-state index in [9.17, 15) is 0 Å². The fourth-order valence-corrected chi connectivity index (χ4v) is 0.372. The van der Waals surface area contributed by atoms with E-state index in [4.69, 9.17) is 16.2 Å². The summed E-state index contributed by atoms with van der Waals surface area (Å²) in [7, 11) is 0. The predicted octanol–water partition coefficient (Wildman–Crippen LogP) is 0.435. The molecule has 0 aromatic rings. The lowest BCUT2D eigenvalue weighted by Gasteiger charge is -2.26. The van der Waals surface area contributed by atoms with Crippen LogP contribution in [0, 0.1) is 0 Å². The van der Waals surface area contributed by atoms with Crippen LogP contribution >= 0.6 is 0 Å². The summed E-state index contributed by atoms with van der Waals surface area (Å²) in [6.45, 7) is 7.89. The maximum absolute atomic E-state index is 5.66. The molecule has 0 aliphatic heterocycles. The van der Waals surface area contributed by atoms with Gasteiger partial charge in [-0.05, 0) is 27.7 Å². The first-order valence-electron chi connectivity index (χ1n) is 3.42. The molecule has 0 saturated heterocycles. The lowest BCUT2D eigenvalue weighted by Crippen LogP contribution is -2.44. The number of ether oxygens (including phenoxy) is 1. The van der Waals surface area contributed by atoms with Crippen molar-refractivity contribution in [2.24, 2.45) is 11.5 Å². The van der Waals surface area contributed by atoms with E-state index < -0.39 is 5.72 Å². The zero-order valence-electron chi connectivity index (χ0n) is 7.27. The van der Waals surface area contributed by atoms with Gasteiger partial charge in [0.05, 0.1) is 6.61 Å². The molecule has 3 nitrogen and oxygen atoms in total. The molecule has 0 radical (unpaired) electrons. The van der Waals surface area contributed by atoms with Crippen molar-refractivity contribution in [3.05, 3.63) is 0 Å². The Morgan fingerprint density at radius 2 is 1.50 bits per heavy atom. The van der Waals surface area contributed by atoms with Crippen molar-refractivity contribution in [1.82, 2.24) is 0 Å². The van der Waals surface area contributed by atoms with Gasteiger partial charge in [-0.25, -0.2) is 0 Å². The summed E-state index contributed by atoms with van der Waals surface area (Å²) in [5.41, 5.74) is 10.4. The highest BCUT2D eigenvalue weighted by Gasteiger charge is 2.17. The van der Waals surface area contributed by atoms with E-state index in [1.54, 1.807) is 13.8 Å². The SMILES string of the molecule is CC(C)(N)COC(C)(C)N. The molecule has 10 heavy (non-hydrogen) atoms. The Balaban J connectivity index is 3.56. The fourth-order valence-electron chi connectivity index (χ4n) is 0.372. The quantitative estimate of drug-likeness (QED) is 0.568. The van der Waals surface area contributed by atoms with Crippen LogP contribution in [0.1, 0.15) is 27.7 Å². The highest BCUT2D eigenvalue weighted by Crippen LogP contribution is 2.04. The van der Waals surface area contributed by atoms with Gasteiger partial charge in [0, 0.05) is 5.54 Å². The van der Waals surface area contributed by atoms with Crippen LogP contribution < -0.4 is 11.5 Å². The summed E-state index contributed by atoms with van der Waals surface area (Å²) < 4.78 is 5.25. The van der Waals surface area contributed by atoms with Gasteiger partial charge in [0.15, 0.2) is 0 Å². The third-order valence-corrected chi connectivity index (χ3v) is 0.816. The lowest BCUT2D eigenvalue weighted by atomic mass is 10.1. The fraction of sp³-hybridized carbons (Fsp3) is 1.00. The summed E-state index contributed by atoms with van der Waals surface area (Å²) in [6.07, 6.45) is 0. The molecule has 0 fully saturated rings. The maximum atomic E-state index is 5.66. The summed E-state index contributed by atoms with van der Waals surface area (Å²) in [4.78, 5) is 0. The smallest absolute Gasteiger partial charge is 0.111 e. The van der Waals surface area contributed by atoms with E-state index in [-0.39, 0.29) is 5.54 Å². The highest BCUT2D eigenvalue weighted by atomic mass is 16.5. The molecule has 3 heteroatoms. The van der Waals surface area contributed by atoms with Crippen LogP contribution in [-0.4, -0.2) is 17.9 Å². The Morgan fingerprint density at radius 1 is 1.10 bits per heavy atom. The van der Waals surface area contributed by atoms with Gasteiger partial charge in [0.25, 0.3) is 0 Å². The van der Waals surface area contributed by atoms with E-state index in [0.29, 0.717) is 6.61 Å². The van der Waals surface area contributed by atoms with Crippen molar-refractivity contribution >= 4 is 0 Å². The van der Waals surface area contributed by atoms with Crippen molar-refractivity contribution in [1.29, 1.82) is 0 Å².